The largest absolute Gasteiger partial charge is 0.495 e. The fourth-order valence-electron chi connectivity index (χ4n) is 2.39. The van der Waals surface area contributed by atoms with Gasteiger partial charge in [-0.05, 0) is 44.1 Å². The lowest BCUT2D eigenvalue weighted by Gasteiger charge is -2.28. The van der Waals surface area contributed by atoms with Gasteiger partial charge in [-0.15, -0.1) is 0 Å². The molecule has 0 spiro atoms. The van der Waals surface area contributed by atoms with Gasteiger partial charge in [0.1, 0.15) is 12.0 Å². The highest BCUT2D eigenvalue weighted by Crippen LogP contribution is 2.27. The zero-order chi connectivity index (χ0) is 15.2. The summed E-state index contributed by atoms with van der Waals surface area (Å²) in [7, 11) is 1.54. The maximum absolute atomic E-state index is 12.0. The molecule has 0 aromatic heterocycles. The predicted octanol–water partition coefficient (Wildman–Crippen LogP) is 2.20. The number of aldehydes is 1. The van der Waals surface area contributed by atoms with Gasteiger partial charge in [-0.1, -0.05) is 11.6 Å². The molecule has 1 amide bonds. The van der Waals surface area contributed by atoms with Gasteiger partial charge >= 0.3 is 0 Å². The fraction of sp³-hybridized carbons (Fsp3) is 0.467. The van der Waals surface area contributed by atoms with Crippen molar-refractivity contribution in [2.75, 3.05) is 32.1 Å². The van der Waals surface area contributed by atoms with E-state index < -0.39 is 0 Å². The minimum atomic E-state index is -0.0826. The first-order valence-electron chi connectivity index (χ1n) is 6.93. The van der Waals surface area contributed by atoms with Crippen LogP contribution >= 0.6 is 11.6 Å². The number of piperidine rings is 1. The molecule has 0 saturated carbocycles. The van der Waals surface area contributed by atoms with Gasteiger partial charge in [0.05, 0.1) is 18.7 Å². The maximum Gasteiger partial charge on any atom is 0.238 e. The Morgan fingerprint density at radius 1 is 1.48 bits per heavy atom. The summed E-state index contributed by atoms with van der Waals surface area (Å²) in [6.45, 7) is 1.88. The van der Waals surface area contributed by atoms with E-state index >= 15 is 0 Å². The van der Waals surface area contributed by atoms with E-state index in [0.717, 1.165) is 32.2 Å². The van der Waals surface area contributed by atoms with E-state index in [4.69, 9.17) is 16.3 Å². The molecule has 0 bridgehead atoms. The van der Waals surface area contributed by atoms with Crippen LogP contribution in [0.3, 0.4) is 0 Å². The van der Waals surface area contributed by atoms with Crippen molar-refractivity contribution in [3.63, 3.8) is 0 Å². The third-order valence-corrected chi connectivity index (χ3v) is 3.92. The monoisotopic (exact) mass is 310 g/mol. The van der Waals surface area contributed by atoms with Crippen molar-refractivity contribution in [1.82, 2.24) is 4.90 Å². The summed E-state index contributed by atoms with van der Waals surface area (Å²) in [4.78, 5) is 24.8. The number of methoxy groups -OCH3 is 1. The Hall–Kier alpha value is -1.59. The number of benzene rings is 1. The molecule has 1 N–H and O–H groups in total. The minimum Gasteiger partial charge on any atom is -0.495 e. The summed E-state index contributed by atoms with van der Waals surface area (Å²) in [5, 5.41) is 3.28. The van der Waals surface area contributed by atoms with Crippen molar-refractivity contribution >= 4 is 29.5 Å². The number of hydrogen-bond donors (Lipinski definition) is 1. The normalized spacial score (nSPS) is 16.5. The second-order valence-electron chi connectivity index (χ2n) is 5.15. The van der Waals surface area contributed by atoms with E-state index in [2.05, 4.69) is 10.2 Å². The Balaban J connectivity index is 1.84. The zero-order valence-corrected chi connectivity index (χ0v) is 12.7. The van der Waals surface area contributed by atoms with E-state index in [1.165, 1.54) is 0 Å². The number of hydrogen-bond acceptors (Lipinski definition) is 4. The van der Waals surface area contributed by atoms with Crippen LogP contribution in [0.1, 0.15) is 12.8 Å². The molecule has 1 aliphatic heterocycles. The summed E-state index contributed by atoms with van der Waals surface area (Å²) >= 11 is 6.02. The van der Waals surface area contributed by atoms with Crippen LogP contribution < -0.4 is 10.1 Å². The maximum atomic E-state index is 12.0. The van der Waals surface area contributed by atoms with E-state index in [-0.39, 0.29) is 11.8 Å². The number of anilines is 1. The third-order valence-electron chi connectivity index (χ3n) is 3.63. The average molecular weight is 311 g/mol. The summed E-state index contributed by atoms with van der Waals surface area (Å²) in [6, 6.07) is 5.13. The van der Waals surface area contributed by atoms with Crippen molar-refractivity contribution in [2.45, 2.75) is 12.8 Å². The van der Waals surface area contributed by atoms with Crippen LogP contribution in [0.2, 0.25) is 5.02 Å². The average Bonchev–Trinajstić information content (AvgIpc) is 2.48. The topological polar surface area (TPSA) is 58.6 Å². The number of nitrogens with one attached hydrogen (secondary N) is 1. The summed E-state index contributed by atoms with van der Waals surface area (Å²) < 4.78 is 5.07. The molecule has 0 unspecified atom stereocenters. The molecule has 1 saturated heterocycles. The molecule has 0 radical (unpaired) electrons. The Labute approximate surface area is 129 Å². The van der Waals surface area contributed by atoms with Crippen LogP contribution in [0.4, 0.5) is 5.69 Å². The third kappa shape index (κ3) is 4.44. The SMILES string of the molecule is COc1ccc(NC(=O)CN2CCC(C=O)CC2)cc1Cl. The van der Waals surface area contributed by atoms with Crippen LogP contribution in [0.5, 0.6) is 5.75 Å². The number of likely N-dealkylation sites (tertiary alicyclic amines) is 1. The van der Waals surface area contributed by atoms with Crippen molar-refractivity contribution in [2.24, 2.45) is 5.92 Å². The first-order chi connectivity index (χ1) is 10.1. The van der Waals surface area contributed by atoms with Gasteiger partial charge in [-0.25, -0.2) is 0 Å². The molecule has 0 atom stereocenters. The van der Waals surface area contributed by atoms with Gasteiger partial charge in [-0.2, -0.15) is 0 Å². The molecule has 1 aromatic rings. The standard InChI is InChI=1S/C15H19ClN2O3/c1-21-14-3-2-12(8-13(14)16)17-15(20)9-18-6-4-11(10-19)5-7-18/h2-3,8,10-11H,4-7,9H2,1H3,(H,17,20). The van der Waals surface area contributed by atoms with E-state index in [0.29, 0.717) is 23.0 Å². The van der Waals surface area contributed by atoms with Crippen LogP contribution in [0, 0.1) is 5.92 Å². The van der Waals surface area contributed by atoms with Gasteiger partial charge in [0, 0.05) is 11.6 Å². The Kier molecular flexibility index (Phi) is 5.59. The summed E-state index contributed by atoms with van der Waals surface area (Å²) in [5.41, 5.74) is 0.647. The highest BCUT2D eigenvalue weighted by molar-refractivity contribution is 6.32. The van der Waals surface area contributed by atoms with Crippen molar-refractivity contribution < 1.29 is 14.3 Å². The summed E-state index contributed by atoms with van der Waals surface area (Å²) in [6.07, 6.45) is 2.66. The molecule has 0 aliphatic carbocycles. The van der Waals surface area contributed by atoms with Gasteiger partial charge in [0.25, 0.3) is 0 Å². The molecule has 6 heteroatoms. The van der Waals surface area contributed by atoms with Crippen molar-refractivity contribution in [1.29, 1.82) is 0 Å². The molecule has 1 fully saturated rings. The highest BCUT2D eigenvalue weighted by atomic mass is 35.5. The molecular weight excluding hydrogens is 292 g/mol. The molecular formula is C15H19ClN2O3. The summed E-state index contributed by atoms with van der Waals surface area (Å²) in [5.74, 6) is 0.635. The number of carbonyl (C=O) groups excluding carboxylic acids is 2. The molecule has 21 heavy (non-hydrogen) atoms. The molecule has 114 valence electrons. The van der Waals surface area contributed by atoms with Crippen LogP contribution in [0.25, 0.3) is 0 Å². The van der Waals surface area contributed by atoms with Gasteiger partial charge in [0.2, 0.25) is 5.91 Å². The van der Waals surface area contributed by atoms with Crippen LogP contribution in [-0.4, -0.2) is 43.8 Å². The lowest BCUT2D eigenvalue weighted by molar-refractivity contribution is -0.117. The Morgan fingerprint density at radius 2 is 2.19 bits per heavy atom. The Morgan fingerprint density at radius 3 is 2.76 bits per heavy atom. The second-order valence-corrected chi connectivity index (χ2v) is 5.55. The van der Waals surface area contributed by atoms with Gasteiger partial charge in [-0.3, -0.25) is 9.69 Å². The Bertz CT molecular complexity index is 514. The quantitative estimate of drug-likeness (QED) is 0.847. The van der Waals surface area contributed by atoms with E-state index in [1.54, 1.807) is 25.3 Å². The number of ether oxygens (including phenoxy) is 1. The van der Waals surface area contributed by atoms with Crippen LogP contribution in [-0.2, 0) is 9.59 Å². The fourth-order valence-corrected chi connectivity index (χ4v) is 2.65. The smallest absolute Gasteiger partial charge is 0.238 e. The van der Waals surface area contributed by atoms with Crippen molar-refractivity contribution in [3.05, 3.63) is 23.2 Å². The minimum absolute atomic E-state index is 0.0826. The number of amides is 1. The number of halogens is 1. The van der Waals surface area contributed by atoms with Gasteiger partial charge < -0.3 is 14.8 Å². The molecule has 2 rings (SSSR count). The molecule has 1 aliphatic rings. The van der Waals surface area contributed by atoms with E-state index in [9.17, 15) is 9.59 Å². The van der Waals surface area contributed by atoms with Crippen LogP contribution in [0.15, 0.2) is 18.2 Å². The number of nitrogens with zero attached hydrogens (tertiary/aromatic N) is 1. The lowest BCUT2D eigenvalue weighted by atomic mass is 9.99. The molecule has 1 heterocycles. The lowest BCUT2D eigenvalue weighted by Crippen LogP contribution is -2.39. The predicted molar refractivity (Wildman–Crippen MR) is 81.9 cm³/mol. The van der Waals surface area contributed by atoms with E-state index in [1.807, 2.05) is 0 Å². The van der Waals surface area contributed by atoms with Gasteiger partial charge in [0.15, 0.2) is 0 Å². The second kappa shape index (κ2) is 7.43. The number of carbonyl (C=O) groups is 2. The molecule has 5 nitrogen and oxygen atoms in total. The molecule has 1 aromatic carbocycles. The zero-order valence-electron chi connectivity index (χ0n) is 12.0. The first-order valence-corrected chi connectivity index (χ1v) is 7.31. The van der Waals surface area contributed by atoms with Crippen molar-refractivity contribution in [3.8, 4) is 5.75 Å². The number of rotatable bonds is 5. The highest BCUT2D eigenvalue weighted by Gasteiger charge is 2.20. The first kappa shape index (κ1) is 15.8.